The third kappa shape index (κ3) is 3.41. The third-order valence-corrected chi connectivity index (χ3v) is 3.40. The van der Waals surface area contributed by atoms with E-state index >= 15 is 0 Å². The molecule has 0 bridgehead atoms. The molecule has 0 saturated carbocycles. The third-order valence-electron chi connectivity index (χ3n) is 3.40. The number of benzene rings is 3. The summed E-state index contributed by atoms with van der Waals surface area (Å²) in [5, 5.41) is 0. The fourth-order valence-corrected chi connectivity index (χ4v) is 2.33. The number of rotatable bonds is 2. The second kappa shape index (κ2) is 6.59. The fourth-order valence-electron chi connectivity index (χ4n) is 2.33. The van der Waals surface area contributed by atoms with Crippen LogP contribution in [0, 0.1) is 11.8 Å². The predicted molar refractivity (Wildman–Crippen MR) is 88.0 cm³/mol. The van der Waals surface area contributed by atoms with Gasteiger partial charge < -0.3 is 0 Å². The van der Waals surface area contributed by atoms with Gasteiger partial charge in [-0.1, -0.05) is 90.7 Å². The van der Waals surface area contributed by atoms with E-state index in [4.69, 9.17) is 0 Å². The molecule has 0 aromatic heterocycles. The first-order chi connectivity index (χ1) is 10.4. The van der Waals surface area contributed by atoms with Crippen molar-refractivity contribution in [3.05, 3.63) is 108 Å². The predicted octanol–water partition coefficient (Wildman–Crippen LogP) is 4.87. The molecular formula is C21H16. The summed E-state index contributed by atoms with van der Waals surface area (Å²) >= 11 is 0. The second-order valence-electron chi connectivity index (χ2n) is 4.89. The van der Waals surface area contributed by atoms with E-state index in [9.17, 15) is 0 Å². The summed E-state index contributed by atoms with van der Waals surface area (Å²) in [6.07, 6.45) is 0. The average Bonchev–Trinajstić information content (AvgIpc) is 2.58. The van der Waals surface area contributed by atoms with E-state index in [1.165, 1.54) is 11.1 Å². The zero-order chi connectivity index (χ0) is 14.3. The minimum atomic E-state index is 0.104. The summed E-state index contributed by atoms with van der Waals surface area (Å²) in [5.74, 6) is 6.81. The van der Waals surface area contributed by atoms with Gasteiger partial charge in [-0.2, -0.15) is 0 Å². The van der Waals surface area contributed by atoms with Crippen molar-refractivity contribution in [1.82, 2.24) is 0 Å². The Morgan fingerprint density at radius 1 is 0.524 bits per heavy atom. The molecule has 0 spiro atoms. The lowest BCUT2D eigenvalue weighted by atomic mass is 9.91. The maximum absolute atomic E-state index is 3.42. The molecular weight excluding hydrogens is 252 g/mol. The van der Waals surface area contributed by atoms with Crippen molar-refractivity contribution in [3.8, 4) is 11.8 Å². The number of hydrogen-bond donors (Lipinski definition) is 0. The molecule has 0 heteroatoms. The number of hydrogen-bond acceptors (Lipinski definition) is 0. The van der Waals surface area contributed by atoms with E-state index in [1.54, 1.807) is 0 Å². The summed E-state index contributed by atoms with van der Waals surface area (Å²) < 4.78 is 0. The Morgan fingerprint density at radius 2 is 0.952 bits per heavy atom. The van der Waals surface area contributed by atoms with Gasteiger partial charge in [-0.25, -0.2) is 0 Å². The molecule has 0 aliphatic carbocycles. The van der Waals surface area contributed by atoms with Crippen molar-refractivity contribution in [2.75, 3.05) is 0 Å². The maximum atomic E-state index is 3.42. The van der Waals surface area contributed by atoms with Gasteiger partial charge >= 0.3 is 0 Å². The van der Waals surface area contributed by atoms with Gasteiger partial charge in [0, 0.05) is 5.56 Å². The van der Waals surface area contributed by atoms with E-state index < -0.39 is 0 Å². The highest BCUT2D eigenvalue weighted by molar-refractivity contribution is 5.44. The first-order valence-corrected chi connectivity index (χ1v) is 7.10. The lowest BCUT2D eigenvalue weighted by Crippen LogP contribution is -1.98. The topological polar surface area (TPSA) is 0 Å². The lowest BCUT2D eigenvalue weighted by Gasteiger charge is -2.11. The molecule has 0 fully saturated rings. The molecule has 0 nitrogen and oxygen atoms in total. The van der Waals surface area contributed by atoms with Gasteiger partial charge in [0.15, 0.2) is 0 Å². The van der Waals surface area contributed by atoms with Gasteiger partial charge in [0.25, 0.3) is 0 Å². The standard InChI is InChI=1S/C21H16/c1-4-10-18(11-5-1)16-17-21(19-12-6-2-7-13-19)20-14-8-3-9-15-20/h1-15,21H. The highest BCUT2D eigenvalue weighted by Gasteiger charge is 2.10. The Balaban J connectivity index is 2.00. The van der Waals surface area contributed by atoms with Crippen molar-refractivity contribution < 1.29 is 0 Å². The maximum Gasteiger partial charge on any atom is 0.0705 e. The second-order valence-corrected chi connectivity index (χ2v) is 4.89. The summed E-state index contributed by atoms with van der Waals surface area (Å²) in [5.41, 5.74) is 3.51. The highest BCUT2D eigenvalue weighted by Crippen LogP contribution is 2.23. The molecule has 0 saturated heterocycles. The summed E-state index contributed by atoms with van der Waals surface area (Å²) in [7, 11) is 0. The van der Waals surface area contributed by atoms with Crippen LogP contribution in [-0.4, -0.2) is 0 Å². The Morgan fingerprint density at radius 3 is 1.43 bits per heavy atom. The molecule has 0 N–H and O–H groups in total. The van der Waals surface area contributed by atoms with Gasteiger partial charge in [0.2, 0.25) is 0 Å². The zero-order valence-corrected chi connectivity index (χ0v) is 11.7. The van der Waals surface area contributed by atoms with Crippen LogP contribution in [0.4, 0.5) is 0 Å². The van der Waals surface area contributed by atoms with Crippen LogP contribution in [0.25, 0.3) is 0 Å². The normalized spacial score (nSPS) is 9.95. The molecule has 0 amide bonds. The summed E-state index contributed by atoms with van der Waals surface area (Å²) in [6, 6.07) is 31.0. The van der Waals surface area contributed by atoms with Gasteiger partial charge in [-0.15, -0.1) is 0 Å². The first-order valence-electron chi connectivity index (χ1n) is 7.10. The first kappa shape index (κ1) is 13.2. The van der Waals surface area contributed by atoms with Crippen molar-refractivity contribution in [3.63, 3.8) is 0 Å². The SMILES string of the molecule is C(#CC(c1ccccc1)c1ccccc1)c1ccccc1. The van der Waals surface area contributed by atoms with Crippen LogP contribution in [0.1, 0.15) is 22.6 Å². The smallest absolute Gasteiger partial charge is 0.0705 e. The van der Waals surface area contributed by atoms with E-state index in [-0.39, 0.29) is 5.92 Å². The van der Waals surface area contributed by atoms with Gasteiger partial charge in [-0.3, -0.25) is 0 Å². The Labute approximate surface area is 126 Å². The van der Waals surface area contributed by atoms with Crippen LogP contribution < -0.4 is 0 Å². The molecule has 3 aromatic rings. The Bertz CT molecular complexity index is 692. The molecule has 0 atom stereocenters. The fraction of sp³-hybridized carbons (Fsp3) is 0.0476. The minimum absolute atomic E-state index is 0.104. The average molecular weight is 268 g/mol. The van der Waals surface area contributed by atoms with E-state index in [1.807, 2.05) is 42.5 Å². The Kier molecular flexibility index (Phi) is 4.15. The molecule has 0 aliphatic rings. The van der Waals surface area contributed by atoms with E-state index in [2.05, 4.69) is 60.4 Å². The van der Waals surface area contributed by atoms with Crippen LogP contribution in [-0.2, 0) is 0 Å². The molecule has 0 radical (unpaired) electrons. The lowest BCUT2D eigenvalue weighted by molar-refractivity contribution is 1.06. The summed E-state index contributed by atoms with van der Waals surface area (Å²) in [6.45, 7) is 0. The van der Waals surface area contributed by atoms with Crippen LogP contribution in [0.2, 0.25) is 0 Å². The monoisotopic (exact) mass is 268 g/mol. The molecule has 0 unspecified atom stereocenters. The molecule has 0 aliphatic heterocycles. The minimum Gasteiger partial charge on any atom is -0.0848 e. The van der Waals surface area contributed by atoms with Crippen molar-refractivity contribution in [2.45, 2.75) is 5.92 Å². The van der Waals surface area contributed by atoms with E-state index in [0.29, 0.717) is 0 Å². The molecule has 21 heavy (non-hydrogen) atoms. The van der Waals surface area contributed by atoms with Gasteiger partial charge in [0.05, 0.1) is 5.92 Å². The van der Waals surface area contributed by atoms with Crippen molar-refractivity contribution in [1.29, 1.82) is 0 Å². The molecule has 3 rings (SSSR count). The van der Waals surface area contributed by atoms with Crippen LogP contribution >= 0.6 is 0 Å². The molecule has 0 heterocycles. The van der Waals surface area contributed by atoms with Crippen LogP contribution in [0.15, 0.2) is 91.0 Å². The zero-order valence-electron chi connectivity index (χ0n) is 11.7. The van der Waals surface area contributed by atoms with Crippen LogP contribution in [0.3, 0.4) is 0 Å². The van der Waals surface area contributed by atoms with Crippen molar-refractivity contribution in [2.24, 2.45) is 0 Å². The van der Waals surface area contributed by atoms with Crippen LogP contribution in [0.5, 0.6) is 0 Å². The van der Waals surface area contributed by atoms with Gasteiger partial charge in [-0.05, 0) is 23.3 Å². The van der Waals surface area contributed by atoms with Gasteiger partial charge in [0.1, 0.15) is 0 Å². The molecule has 100 valence electrons. The van der Waals surface area contributed by atoms with Crippen molar-refractivity contribution >= 4 is 0 Å². The Hall–Kier alpha value is -2.78. The molecule has 3 aromatic carbocycles. The quantitative estimate of drug-likeness (QED) is 0.582. The summed E-state index contributed by atoms with van der Waals surface area (Å²) in [4.78, 5) is 0. The van der Waals surface area contributed by atoms with E-state index in [0.717, 1.165) is 5.56 Å². The highest BCUT2D eigenvalue weighted by atomic mass is 14.1. The largest absolute Gasteiger partial charge is 0.0848 e.